The number of hydrogen-bond acceptors (Lipinski definition) is 6. The van der Waals surface area contributed by atoms with Crippen LogP contribution in [0.3, 0.4) is 0 Å². The smallest absolute Gasteiger partial charge is 0.305 e. The standard InChI is InChI=1S/C22H20N2O5S2/c1-14-6-8-16(9-7-14)23-19(25)13-29-17-5-3-2-4-15(17)12-18-21(28)24(22(30)31-18)11-10-20(26)27/h2-9,12H,10-11,13H2,1H3,(H,23,25)(H,26,27)/b18-12-. The van der Waals surface area contributed by atoms with Gasteiger partial charge >= 0.3 is 5.97 Å². The number of hydrogen-bond donors (Lipinski definition) is 2. The van der Waals surface area contributed by atoms with Crippen molar-refractivity contribution in [2.75, 3.05) is 18.5 Å². The number of rotatable bonds is 8. The minimum absolute atomic E-state index is 0.0225. The second-order valence-corrected chi connectivity index (χ2v) is 8.39. The third kappa shape index (κ3) is 6.16. The largest absolute Gasteiger partial charge is 0.483 e. The first-order valence-corrected chi connectivity index (χ1v) is 10.6. The second kappa shape index (κ2) is 10.2. The molecular weight excluding hydrogens is 436 g/mol. The van der Waals surface area contributed by atoms with E-state index in [4.69, 9.17) is 22.1 Å². The highest BCUT2D eigenvalue weighted by Gasteiger charge is 2.32. The van der Waals surface area contributed by atoms with Gasteiger partial charge in [0.1, 0.15) is 10.1 Å². The van der Waals surface area contributed by atoms with Crippen molar-refractivity contribution in [1.82, 2.24) is 4.90 Å². The van der Waals surface area contributed by atoms with Gasteiger partial charge in [-0.3, -0.25) is 19.3 Å². The van der Waals surface area contributed by atoms with Gasteiger partial charge in [0, 0.05) is 17.8 Å². The van der Waals surface area contributed by atoms with E-state index in [0.29, 0.717) is 26.2 Å². The molecule has 1 heterocycles. The van der Waals surface area contributed by atoms with E-state index < -0.39 is 5.97 Å². The number of carbonyl (C=O) groups is 3. The molecule has 0 radical (unpaired) electrons. The lowest BCUT2D eigenvalue weighted by Gasteiger charge is -2.12. The van der Waals surface area contributed by atoms with Gasteiger partial charge in [0.2, 0.25) is 0 Å². The average Bonchev–Trinajstić information content (AvgIpc) is 3.00. The van der Waals surface area contributed by atoms with Crippen LogP contribution in [0.4, 0.5) is 5.69 Å². The monoisotopic (exact) mass is 456 g/mol. The zero-order valence-electron chi connectivity index (χ0n) is 16.7. The van der Waals surface area contributed by atoms with Crippen LogP contribution in [0.2, 0.25) is 0 Å². The molecule has 2 aromatic carbocycles. The summed E-state index contributed by atoms with van der Waals surface area (Å²) >= 11 is 6.31. The Bertz CT molecular complexity index is 1050. The highest BCUT2D eigenvalue weighted by molar-refractivity contribution is 8.26. The number of anilines is 1. The summed E-state index contributed by atoms with van der Waals surface area (Å²) in [4.78, 5) is 37.2. The van der Waals surface area contributed by atoms with Crippen LogP contribution in [0, 0.1) is 6.92 Å². The summed E-state index contributed by atoms with van der Waals surface area (Å²) in [5.74, 6) is -1.21. The number of thiocarbonyl (C=S) groups is 1. The van der Waals surface area contributed by atoms with Gasteiger partial charge in [-0.2, -0.15) is 0 Å². The van der Waals surface area contributed by atoms with E-state index >= 15 is 0 Å². The molecule has 1 aliphatic heterocycles. The van der Waals surface area contributed by atoms with Gasteiger partial charge in [-0.1, -0.05) is 59.9 Å². The number of aryl methyl sites for hydroxylation is 1. The fraction of sp³-hybridized carbons (Fsp3) is 0.182. The molecule has 0 atom stereocenters. The fourth-order valence-corrected chi connectivity index (χ4v) is 4.05. The molecule has 31 heavy (non-hydrogen) atoms. The third-order valence-corrected chi connectivity index (χ3v) is 5.70. The number of para-hydroxylation sites is 1. The van der Waals surface area contributed by atoms with Crippen LogP contribution in [0.25, 0.3) is 6.08 Å². The Morgan fingerprint density at radius 1 is 1.19 bits per heavy atom. The Balaban J connectivity index is 1.67. The van der Waals surface area contributed by atoms with Gasteiger partial charge in [0.05, 0.1) is 11.3 Å². The van der Waals surface area contributed by atoms with Crippen LogP contribution in [0.15, 0.2) is 53.4 Å². The normalized spacial score (nSPS) is 14.7. The lowest BCUT2D eigenvalue weighted by atomic mass is 10.2. The molecule has 1 fully saturated rings. The topological polar surface area (TPSA) is 95.9 Å². The average molecular weight is 457 g/mol. The molecule has 3 rings (SSSR count). The maximum atomic E-state index is 12.6. The van der Waals surface area contributed by atoms with Crippen molar-refractivity contribution >= 4 is 57.8 Å². The predicted molar refractivity (Wildman–Crippen MR) is 124 cm³/mol. The SMILES string of the molecule is Cc1ccc(NC(=O)COc2ccccc2/C=C2\SC(=S)N(CCC(=O)O)C2=O)cc1. The number of benzene rings is 2. The first-order chi connectivity index (χ1) is 14.8. The highest BCUT2D eigenvalue weighted by atomic mass is 32.2. The summed E-state index contributed by atoms with van der Waals surface area (Å²) in [6.45, 7) is 1.79. The van der Waals surface area contributed by atoms with Crippen LogP contribution in [-0.4, -0.2) is 45.3 Å². The van der Waals surface area contributed by atoms with E-state index in [1.54, 1.807) is 30.3 Å². The van der Waals surface area contributed by atoms with Gasteiger partial charge in [0.15, 0.2) is 6.61 Å². The predicted octanol–water partition coefficient (Wildman–Crippen LogP) is 3.69. The number of ether oxygens (including phenoxy) is 1. The van der Waals surface area contributed by atoms with E-state index in [-0.39, 0.29) is 31.4 Å². The van der Waals surface area contributed by atoms with Crippen LogP contribution in [-0.2, 0) is 14.4 Å². The van der Waals surface area contributed by atoms with E-state index in [1.807, 2.05) is 31.2 Å². The minimum Gasteiger partial charge on any atom is -0.483 e. The Morgan fingerprint density at radius 2 is 1.90 bits per heavy atom. The highest BCUT2D eigenvalue weighted by Crippen LogP contribution is 2.34. The molecule has 2 N–H and O–H groups in total. The molecule has 0 aliphatic carbocycles. The molecule has 7 nitrogen and oxygen atoms in total. The summed E-state index contributed by atoms with van der Waals surface area (Å²) in [5, 5.41) is 11.6. The number of aliphatic carboxylic acids is 1. The summed E-state index contributed by atoms with van der Waals surface area (Å²) < 4.78 is 5.99. The number of thioether (sulfide) groups is 1. The summed E-state index contributed by atoms with van der Waals surface area (Å²) in [7, 11) is 0. The summed E-state index contributed by atoms with van der Waals surface area (Å²) in [6.07, 6.45) is 1.45. The fourth-order valence-electron chi connectivity index (χ4n) is 2.75. The Kier molecular flexibility index (Phi) is 7.43. The number of nitrogens with zero attached hydrogens (tertiary/aromatic N) is 1. The van der Waals surface area contributed by atoms with Gasteiger partial charge < -0.3 is 15.2 Å². The molecule has 0 aromatic heterocycles. The quantitative estimate of drug-likeness (QED) is 0.462. The van der Waals surface area contributed by atoms with Crippen LogP contribution >= 0.6 is 24.0 Å². The number of nitrogens with one attached hydrogen (secondary N) is 1. The molecule has 9 heteroatoms. The molecule has 0 spiro atoms. The molecule has 0 bridgehead atoms. The molecular formula is C22H20N2O5S2. The van der Waals surface area contributed by atoms with Gasteiger partial charge in [-0.15, -0.1) is 0 Å². The van der Waals surface area contributed by atoms with Gasteiger partial charge in [0.25, 0.3) is 11.8 Å². The lowest BCUT2D eigenvalue weighted by molar-refractivity contribution is -0.137. The zero-order valence-corrected chi connectivity index (χ0v) is 18.3. The maximum Gasteiger partial charge on any atom is 0.305 e. The molecule has 0 unspecified atom stereocenters. The van der Waals surface area contributed by atoms with Crippen molar-refractivity contribution in [2.45, 2.75) is 13.3 Å². The molecule has 1 aliphatic rings. The Labute approximate surface area is 189 Å². The van der Waals surface area contributed by atoms with Crippen LogP contribution < -0.4 is 10.1 Å². The summed E-state index contributed by atoms with van der Waals surface area (Å²) in [5.41, 5.74) is 2.39. The van der Waals surface area contributed by atoms with Gasteiger partial charge in [-0.25, -0.2) is 0 Å². The maximum absolute atomic E-state index is 12.6. The van der Waals surface area contributed by atoms with Crippen molar-refractivity contribution in [3.05, 3.63) is 64.6 Å². The molecule has 0 saturated carbocycles. The number of amides is 2. The van der Waals surface area contributed by atoms with Crippen molar-refractivity contribution < 1.29 is 24.2 Å². The first-order valence-electron chi connectivity index (χ1n) is 9.39. The van der Waals surface area contributed by atoms with E-state index in [1.165, 1.54) is 4.90 Å². The number of carbonyl (C=O) groups excluding carboxylic acids is 2. The Morgan fingerprint density at radius 3 is 2.61 bits per heavy atom. The summed E-state index contributed by atoms with van der Waals surface area (Å²) in [6, 6.07) is 14.4. The molecule has 2 amide bonds. The van der Waals surface area contributed by atoms with E-state index in [9.17, 15) is 14.4 Å². The van der Waals surface area contributed by atoms with E-state index in [2.05, 4.69) is 5.32 Å². The lowest BCUT2D eigenvalue weighted by Crippen LogP contribution is -2.30. The molecule has 1 saturated heterocycles. The van der Waals surface area contributed by atoms with Crippen molar-refractivity contribution in [3.8, 4) is 5.75 Å². The molecule has 2 aromatic rings. The number of carboxylic acids is 1. The van der Waals surface area contributed by atoms with Crippen molar-refractivity contribution in [1.29, 1.82) is 0 Å². The Hall–Kier alpha value is -3.17. The third-order valence-electron chi connectivity index (χ3n) is 4.32. The van der Waals surface area contributed by atoms with Crippen molar-refractivity contribution in [3.63, 3.8) is 0 Å². The first kappa shape index (κ1) is 22.5. The second-order valence-electron chi connectivity index (χ2n) is 6.72. The zero-order chi connectivity index (χ0) is 22.4. The van der Waals surface area contributed by atoms with Crippen LogP contribution in [0.1, 0.15) is 17.5 Å². The van der Waals surface area contributed by atoms with Gasteiger partial charge in [-0.05, 0) is 31.2 Å². The van der Waals surface area contributed by atoms with E-state index in [0.717, 1.165) is 17.3 Å². The van der Waals surface area contributed by atoms with Crippen LogP contribution in [0.5, 0.6) is 5.75 Å². The number of carboxylic acid groups (broad SMARTS) is 1. The minimum atomic E-state index is -0.999. The van der Waals surface area contributed by atoms with Crippen molar-refractivity contribution in [2.24, 2.45) is 0 Å². The molecule has 160 valence electrons.